The van der Waals surface area contributed by atoms with Gasteiger partial charge in [-0.05, 0) is 26.7 Å². The Morgan fingerprint density at radius 2 is 1.66 bits per heavy atom. The van der Waals surface area contributed by atoms with Crippen molar-refractivity contribution in [3.63, 3.8) is 0 Å². The van der Waals surface area contributed by atoms with Crippen LogP contribution >= 0.6 is 7.60 Å². The lowest BCUT2D eigenvalue weighted by Gasteiger charge is -2.36. The number of unbranched alkanes of at least 4 members (excludes halogenated alkanes) is 1. The molecule has 3 heterocycles. The van der Waals surface area contributed by atoms with Crippen LogP contribution in [0.3, 0.4) is 0 Å². The number of anilines is 1. The van der Waals surface area contributed by atoms with Gasteiger partial charge in [-0.15, -0.1) is 0 Å². The molecule has 14 nitrogen and oxygen atoms in total. The third kappa shape index (κ3) is 9.96. The minimum absolute atomic E-state index is 0.0364. The van der Waals surface area contributed by atoms with Crippen molar-refractivity contribution in [1.82, 2.24) is 25.1 Å². The fraction of sp³-hybridized carbons (Fsp3) is 0.594. The number of piperazine rings is 1. The van der Waals surface area contributed by atoms with E-state index in [0.717, 1.165) is 24.8 Å². The first-order valence-corrected chi connectivity index (χ1v) is 18.0. The topological polar surface area (TPSA) is 153 Å². The molecular formula is C32H47N6O8P. The van der Waals surface area contributed by atoms with Crippen molar-refractivity contribution >= 4 is 31.3 Å². The molecule has 1 aromatic heterocycles. The highest BCUT2D eigenvalue weighted by Gasteiger charge is 2.38. The van der Waals surface area contributed by atoms with Crippen LogP contribution in [0.5, 0.6) is 0 Å². The molecule has 0 aliphatic carbocycles. The molecule has 258 valence electrons. The first-order valence-electron chi connectivity index (χ1n) is 16.3. The summed E-state index contributed by atoms with van der Waals surface area (Å²) in [6.45, 7) is 8.16. The number of ether oxygens (including phenoxy) is 2. The standard InChI is InChI=1S/C32H47N6O8P/c1-5-8-20-44-32(41)37-18-16-36(17-19-37)31(40)27(23-47(42,45-6-2)46-7-3)34-30(39)26-21-28(38-15-14-25(22-38)43-4)35-29(33-26)24-12-10-9-11-13-24/h9-13,21,25,27H,5-8,14-20,22-23H2,1-4H3,(H,34,39)/t25-,27-/m0/s1. The van der Waals surface area contributed by atoms with Gasteiger partial charge in [-0.25, -0.2) is 14.8 Å². The van der Waals surface area contributed by atoms with Crippen LogP contribution < -0.4 is 10.2 Å². The molecule has 2 aromatic rings. The highest BCUT2D eigenvalue weighted by atomic mass is 31.2. The van der Waals surface area contributed by atoms with Gasteiger partial charge in [-0.3, -0.25) is 14.2 Å². The van der Waals surface area contributed by atoms with E-state index in [1.165, 1.54) is 0 Å². The van der Waals surface area contributed by atoms with Crippen molar-refractivity contribution in [3.8, 4) is 11.4 Å². The van der Waals surface area contributed by atoms with Gasteiger partial charge < -0.3 is 38.5 Å². The number of carbonyl (C=O) groups excluding carboxylic acids is 3. The third-order valence-electron chi connectivity index (χ3n) is 8.01. The molecule has 2 saturated heterocycles. The average molecular weight is 675 g/mol. The molecule has 1 N–H and O–H groups in total. The van der Waals surface area contributed by atoms with Crippen LogP contribution in [-0.4, -0.2) is 122 Å². The van der Waals surface area contributed by atoms with Crippen molar-refractivity contribution in [1.29, 1.82) is 0 Å². The summed E-state index contributed by atoms with van der Waals surface area (Å²) >= 11 is 0. The number of methoxy groups -OCH3 is 1. The maximum Gasteiger partial charge on any atom is 0.409 e. The number of nitrogens with zero attached hydrogens (tertiary/aromatic N) is 5. The molecule has 2 fully saturated rings. The van der Waals surface area contributed by atoms with E-state index in [0.29, 0.717) is 31.3 Å². The van der Waals surface area contributed by atoms with E-state index >= 15 is 0 Å². The van der Waals surface area contributed by atoms with E-state index < -0.39 is 31.5 Å². The lowest BCUT2D eigenvalue weighted by Crippen LogP contribution is -2.57. The summed E-state index contributed by atoms with van der Waals surface area (Å²) in [5, 5.41) is 2.79. The number of aromatic nitrogens is 2. The maximum absolute atomic E-state index is 14.0. The molecule has 47 heavy (non-hydrogen) atoms. The van der Waals surface area contributed by atoms with Gasteiger partial charge in [0.15, 0.2) is 5.82 Å². The summed E-state index contributed by atoms with van der Waals surface area (Å²) in [6.07, 6.45) is 1.74. The van der Waals surface area contributed by atoms with Gasteiger partial charge >= 0.3 is 13.7 Å². The number of benzene rings is 1. The minimum atomic E-state index is -3.77. The summed E-state index contributed by atoms with van der Waals surface area (Å²) in [4.78, 5) is 54.8. The van der Waals surface area contributed by atoms with E-state index in [1.807, 2.05) is 42.2 Å². The lowest BCUT2D eigenvalue weighted by molar-refractivity contribution is -0.134. The molecule has 15 heteroatoms. The second-order valence-electron chi connectivity index (χ2n) is 11.3. The Morgan fingerprint density at radius 1 is 0.979 bits per heavy atom. The van der Waals surface area contributed by atoms with Crippen molar-refractivity contribution < 1.29 is 37.5 Å². The normalized spacial score (nSPS) is 17.4. The quantitative estimate of drug-likeness (QED) is 0.217. The van der Waals surface area contributed by atoms with Crippen molar-refractivity contribution in [2.45, 2.75) is 52.2 Å². The number of hydrogen-bond donors (Lipinski definition) is 1. The largest absolute Gasteiger partial charge is 0.449 e. The predicted molar refractivity (Wildman–Crippen MR) is 176 cm³/mol. The van der Waals surface area contributed by atoms with Crippen LogP contribution in [0.4, 0.5) is 10.6 Å². The van der Waals surface area contributed by atoms with Gasteiger partial charge in [0.1, 0.15) is 17.6 Å². The molecule has 0 bridgehead atoms. The van der Waals surface area contributed by atoms with Crippen LogP contribution in [0.1, 0.15) is 50.5 Å². The molecule has 2 aliphatic rings. The highest BCUT2D eigenvalue weighted by Crippen LogP contribution is 2.48. The zero-order chi connectivity index (χ0) is 33.8. The Balaban J connectivity index is 1.58. The fourth-order valence-electron chi connectivity index (χ4n) is 5.46. The molecular weight excluding hydrogens is 627 g/mol. The van der Waals surface area contributed by atoms with Gasteiger partial charge in [0, 0.05) is 58.0 Å². The van der Waals surface area contributed by atoms with Gasteiger partial charge in [-0.2, -0.15) is 0 Å². The van der Waals surface area contributed by atoms with Gasteiger partial charge in [-0.1, -0.05) is 43.7 Å². The summed E-state index contributed by atoms with van der Waals surface area (Å²) < 4.78 is 35.5. The molecule has 0 saturated carbocycles. The molecule has 2 atom stereocenters. The third-order valence-corrected chi connectivity index (χ3v) is 10.1. The Kier molecular flexibility index (Phi) is 13.5. The average Bonchev–Trinajstić information content (AvgIpc) is 3.58. The van der Waals surface area contributed by atoms with E-state index in [4.69, 9.17) is 23.5 Å². The monoisotopic (exact) mass is 674 g/mol. The van der Waals surface area contributed by atoms with Gasteiger partial charge in [0.25, 0.3) is 5.91 Å². The molecule has 1 aromatic carbocycles. The molecule has 4 rings (SSSR count). The lowest BCUT2D eigenvalue weighted by atomic mass is 10.2. The Morgan fingerprint density at radius 3 is 2.28 bits per heavy atom. The summed E-state index contributed by atoms with van der Waals surface area (Å²) in [5.41, 5.74) is 0.775. The second kappa shape index (κ2) is 17.5. The predicted octanol–water partition coefficient (Wildman–Crippen LogP) is 3.81. The number of nitrogens with one attached hydrogen (secondary N) is 1. The van der Waals surface area contributed by atoms with E-state index in [9.17, 15) is 18.9 Å². The molecule has 0 unspecified atom stereocenters. The SMILES string of the molecule is CCCCOC(=O)N1CCN(C(=O)[C@H](CP(=O)(OCC)OCC)NC(=O)c2cc(N3CC[C@H](OC)C3)nc(-c3ccccc3)n2)CC1. The van der Waals surface area contributed by atoms with Crippen molar-refractivity contribution in [2.75, 3.05) is 77.3 Å². The van der Waals surface area contributed by atoms with E-state index in [2.05, 4.69) is 10.3 Å². The summed E-state index contributed by atoms with van der Waals surface area (Å²) in [7, 11) is -2.10. The van der Waals surface area contributed by atoms with E-state index in [1.54, 1.807) is 36.8 Å². The molecule has 3 amide bonds. The van der Waals surface area contributed by atoms with Crippen LogP contribution in [0.2, 0.25) is 0 Å². The Labute approximate surface area is 276 Å². The maximum atomic E-state index is 14.0. The van der Waals surface area contributed by atoms with E-state index in [-0.39, 0.29) is 57.4 Å². The smallest absolute Gasteiger partial charge is 0.409 e. The first kappa shape index (κ1) is 36.3. The minimum Gasteiger partial charge on any atom is -0.449 e. The fourth-order valence-corrected chi connectivity index (χ4v) is 7.23. The highest BCUT2D eigenvalue weighted by molar-refractivity contribution is 7.54. The Hall–Kier alpha value is -3.58. The van der Waals surface area contributed by atoms with Crippen molar-refractivity contribution in [3.05, 3.63) is 42.1 Å². The van der Waals surface area contributed by atoms with Gasteiger partial charge in [0.2, 0.25) is 5.91 Å². The number of hydrogen-bond acceptors (Lipinski definition) is 11. The van der Waals surface area contributed by atoms with Crippen LogP contribution in [0.15, 0.2) is 36.4 Å². The zero-order valence-corrected chi connectivity index (χ0v) is 28.7. The van der Waals surface area contributed by atoms with Gasteiger partial charge in [0.05, 0.1) is 32.1 Å². The number of amides is 3. The van der Waals surface area contributed by atoms with Crippen LogP contribution in [-0.2, 0) is 27.9 Å². The van der Waals surface area contributed by atoms with Crippen LogP contribution in [0, 0.1) is 0 Å². The Bertz CT molecular complexity index is 1380. The van der Waals surface area contributed by atoms with Crippen molar-refractivity contribution in [2.24, 2.45) is 0 Å². The molecule has 2 aliphatic heterocycles. The zero-order valence-electron chi connectivity index (χ0n) is 27.8. The number of rotatable bonds is 15. The second-order valence-corrected chi connectivity index (χ2v) is 13.4. The van der Waals surface area contributed by atoms with Crippen LogP contribution in [0.25, 0.3) is 11.4 Å². The molecule has 0 spiro atoms. The first-order chi connectivity index (χ1) is 22.7. The summed E-state index contributed by atoms with van der Waals surface area (Å²) in [5.74, 6) is -0.183. The molecule has 0 radical (unpaired) electrons. The number of carbonyl (C=O) groups is 3. The summed E-state index contributed by atoms with van der Waals surface area (Å²) in [6, 6.07) is 9.65.